The Bertz CT molecular complexity index is 330. The van der Waals surface area contributed by atoms with Gasteiger partial charge in [0.25, 0.3) is 0 Å². The highest BCUT2D eigenvalue weighted by atomic mass is 32.2. The first-order chi connectivity index (χ1) is 7.63. The zero-order valence-corrected chi connectivity index (χ0v) is 11.0. The summed E-state index contributed by atoms with van der Waals surface area (Å²) in [5.41, 5.74) is -0.671. The molecule has 0 aromatic rings. The molecule has 0 amide bonds. The molecule has 1 rings (SSSR count). The number of halogens is 3. The highest BCUT2D eigenvalue weighted by molar-refractivity contribution is 7.86. The summed E-state index contributed by atoms with van der Waals surface area (Å²) in [5.74, 6) is 0.436. The second-order valence-electron chi connectivity index (χ2n) is 5.07. The maximum atomic E-state index is 12.4. The van der Waals surface area contributed by atoms with Crippen LogP contribution in [-0.2, 0) is 10.8 Å². The zero-order valence-electron chi connectivity index (χ0n) is 10.2. The Morgan fingerprint density at radius 1 is 1.41 bits per heavy atom. The minimum absolute atomic E-state index is 0.156. The van der Waals surface area contributed by atoms with Crippen LogP contribution in [0, 0.1) is 0 Å². The molecule has 1 fully saturated rings. The van der Waals surface area contributed by atoms with Gasteiger partial charge in [-0.2, -0.15) is 0 Å². The fourth-order valence-electron chi connectivity index (χ4n) is 1.69. The van der Waals surface area contributed by atoms with E-state index < -0.39 is 23.2 Å². The third-order valence-corrected chi connectivity index (χ3v) is 5.12. The van der Waals surface area contributed by atoms with Gasteiger partial charge in [-0.05, 0) is 33.4 Å². The van der Waals surface area contributed by atoms with Crippen molar-refractivity contribution in [3.8, 4) is 0 Å². The van der Waals surface area contributed by atoms with Gasteiger partial charge in [-0.1, -0.05) is 0 Å². The molecule has 0 radical (unpaired) electrons. The van der Waals surface area contributed by atoms with Crippen LogP contribution in [0.25, 0.3) is 0 Å². The molecule has 0 N–H and O–H groups in total. The molecule has 1 unspecified atom stereocenters. The van der Waals surface area contributed by atoms with Crippen LogP contribution in [0.4, 0.5) is 12.9 Å². The molecule has 0 bridgehead atoms. The van der Waals surface area contributed by atoms with Crippen LogP contribution in [-0.4, -0.2) is 46.2 Å². The third kappa shape index (κ3) is 4.14. The van der Waals surface area contributed by atoms with Crippen LogP contribution in [0.2, 0.25) is 0 Å². The fraction of sp³-hybridized carbons (Fsp3) is 0.800. The molecule has 1 aliphatic rings. The second-order valence-corrected chi connectivity index (χ2v) is 7.27. The van der Waals surface area contributed by atoms with Crippen LogP contribution in [0.3, 0.4) is 0 Å². The van der Waals surface area contributed by atoms with E-state index in [0.29, 0.717) is 25.3 Å². The molecule has 17 heavy (non-hydrogen) atoms. The number of nitrogens with zero attached hydrogens (tertiary/aromatic N) is 1. The molecule has 0 spiro atoms. The smallest absolute Gasteiger partial charge is 0.445 e. The third-order valence-electron chi connectivity index (χ3n) is 3.13. The standard InChI is InChI=1S/C10H18BF3NOS/c1-9(11(12,13)14)8-15-5-4-10(2,3)17(16)7-6-15/h1,4-8H2,2-3H3/q-1. The lowest BCUT2D eigenvalue weighted by Gasteiger charge is -2.26. The molecule has 0 aromatic heterocycles. The van der Waals surface area contributed by atoms with Gasteiger partial charge in [0.1, 0.15) is 0 Å². The number of hydrogen-bond donors (Lipinski definition) is 0. The Labute approximate surface area is 103 Å². The highest BCUT2D eigenvalue weighted by Gasteiger charge is 2.32. The van der Waals surface area contributed by atoms with E-state index in [1.165, 1.54) is 0 Å². The fourth-order valence-corrected chi connectivity index (χ4v) is 2.99. The lowest BCUT2D eigenvalue weighted by atomic mass is 9.80. The van der Waals surface area contributed by atoms with Crippen molar-refractivity contribution in [1.82, 2.24) is 4.90 Å². The first kappa shape index (κ1) is 14.8. The van der Waals surface area contributed by atoms with E-state index in [2.05, 4.69) is 6.58 Å². The Hall–Kier alpha value is -0.295. The quantitative estimate of drug-likeness (QED) is 0.731. The van der Waals surface area contributed by atoms with Gasteiger partial charge in [0.15, 0.2) is 0 Å². The summed E-state index contributed by atoms with van der Waals surface area (Å²) >= 11 is 0. The van der Waals surface area contributed by atoms with Crippen molar-refractivity contribution in [2.24, 2.45) is 0 Å². The molecule has 0 aliphatic carbocycles. The molecule has 0 saturated carbocycles. The maximum absolute atomic E-state index is 12.4. The van der Waals surface area contributed by atoms with Gasteiger partial charge in [0, 0.05) is 27.8 Å². The summed E-state index contributed by atoms with van der Waals surface area (Å²) in [6.07, 6.45) is 0.651. The van der Waals surface area contributed by atoms with Gasteiger partial charge in [0.05, 0.1) is 0 Å². The molecule has 2 nitrogen and oxygen atoms in total. The van der Waals surface area contributed by atoms with E-state index in [-0.39, 0.29) is 11.3 Å². The normalized spacial score (nSPS) is 26.5. The van der Waals surface area contributed by atoms with E-state index in [1.807, 2.05) is 13.8 Å². The number of hydrogen-bond acceptors (Lipinski definition) is 2. The van der Waals surface area contributed by atoms with Crippen molar-refractivity contribution in [2.75, 3.05) is 25.4 Å². The minimum atomic E-state index is -4.96. The molecule has 1 aliphatic heterocycles. The SMILES string of the molecule is C=C(CN1CCS(=O)C(C)(C)CC1)[B-](F)(F)F. The van der Waals surface area contributed by atoms with Gasteiger partial charge in [-0.15, -0.1) is 12.1 Å². The van der Waals surface area contributed by atoms with Crippen molar-refractivity contribution in [1.29, 1.82) is 0 Å². The summed E-state index contributed by atoms with van der Waals surface area (Å²) in [5, 5.41) is 0. The molecule has 0 aromatic carbocycles. The molecule has 100 valence electrons. The summed E-state index contributed by atoms with van der Waals surface area (Å²) in [6.45, 7) is 2.76. The number of rotatable bonds is 3. The van der Waals surface area contributed by atoms with Gasteiger partial charge in [-0.25, -0.2) is 0 Å². The summed E-state index contributed by atoms with van der Waals surface area (Å²) in [6, 6.07) is 0. The average Bonchev–Trinajstić information content (AvgIpc) is 2.29. The first-order valence-corrected chi connectivity index (χ1v) is 6.93. The predicted octanol–water partition coefficient (Wildman–Crippen LogP) is 2.16. The first-order valence-electron chi connectivity index (χ1n) is 5.61. The monoisotopic (exact) mass is 268 g/mol. The summed E-state index contributed by atoms with van der Waals surface area (Å²) in [7, 11) is -0.972. The topological polar surface area (TPSA) is 20.3 Å². The molecule has 1 atom stereocenters. The van der Waals surface area contributed by atoms with Crippen molar-refractivity contribution in [2.45, 2.75) is 25.0 Å². The van der Waals surface area contributed by atoms with Crippen LogP contribution in [0.15, 0.2) is 12.1 Å². The van der Waals surface area contributed by atoms with Gasteiger partial charge >= 0.3 is 6.98 Å². The van der Waals surface area contributed by atoms with Gasteiger partial charge in [0.2, 0.25) is 0 Å². The van der Waals surface area contributed by atoms with Crippen LogP contribution >= 0.6 is 0 Å². The molecular formula is C10H18BF3NOS-. The lowest BCUT2D eigenvalue weighted by molar-refractivity contribution is 0.305. The minimum Gasteiger partial charge on any atom is -0.445 e. The van der Waals surface area contributed by atoms with E-state index in [9.17, 15) is 17.2 Å². The average molecular weight is 268 g/mol. The van der Waals surface area contributed by atoms with Crippen molar-refractivity contribution in [3.63, 3.8) is 0 Å². The van der Waals surface area contributed by atoms with Crippen molar-refractivity contribution in [3.05, 3.63) is 12.1 Å². The van der Waals surface area contributed by atoms with E-state index >= 15 is 0 Å². The van der Waals surface area contributed by atoms with E-state index in [0.717, 1.165) is 0 Å². The lowest BCUT2D eigenvalue weighted by Crippen LogP contribution is -2.34. The maximum Gasteiger partial charge on any atom is 0.506 e. The van der Waals surface area contributed by atoms with E-state index in [4.69, 9.17) is 0 Å². The molecule has 1 saturated heterocycles. The second kappa shape index (κ2) is 5.14. The summed E-state index contributed by atoms with van der Waals surface area (Å²) < 4.78 is 48.7. The van der Waals surface area contributed by atoms with Crippen molar-refractivity contribution < 1.29 is 17.2 Å². The Balaban J connectivity index is 2.59. The van der Waals surface area contributed by atoms with E-state index in [1.54, 1.807) is 4.90 Å². The predicted molar refractivity (Wildman–Crippen MR) is 66.4 cm³/mol. The highest BCUT2D eigenvalue weighted by Crippen LogP contribution is 2.24. The van der Waals surface area contributed by atoms with Crippen LogP contribution < -0.4 is 0 Å². The van der Waals surface area contributed by atoms with Gasteiger partial charge in [-0.3, -0.25) is 4.21 Å². The molecule has 1 heterocycles. The Morgan fingerprint density at radius 3 is 2.53 bits per heavy atom. The largest absolute Gasteiger partial charge is 0.506 e. The summed E-state index contributed by atoms with van der Waals surface area (Å²) in [4.78, 5) is 1.70. The Morgan fingerprint density at radius 2 is 2.00 bits per heavy atom. The molecule has 7 heteroatoms. The van der Waals surface area contributed by atoms with Gasteiger partial charge < -0.3 is 17.8 Å². The Kier molecular flexibility index (Phi) is 4.46. The van der Waals surface area contributed by atoms with Crippen molar-refractivity contribution >= 4 is 17.8 Å². The zero-order chi connectivity index (χ0) is 13.3. The van der Waals surface area contributed by atoms with Crippen LogP contribution in [0.1, 0.15) is 20.3 Å². The van der Waals surface area contributed by atoms with Crippen LogP contribution in [0.5, 0.6) is 0 Å². The molecular weight excluding hydrogens is 250 g/mol.